The van der Waals surface area contributed by atoms with Crippen LogP contribution in [0.2, 0.25) is 0 Å². The van der Waals surface area contributed by atoms with Gasteiger partial charge in [0.2, 0.25) is 0 Å². The highest BCUT2D eigenvalue weighted by Gasteiger charge is 2.44. The molecule has 1 aliphatic carbocycles. The van der Waals surface area contributed by atoms with Crippen molar-refractivity contribution in [2.24, 2.45) is 16.3 Å². The Morgan fingerprint density at radius 2 is 2.00 bits per heavy atom. The van der Waals surface area contributed by atoms with Crippen molar-refractivity contribution in [1.82, 2.24) is 0 Å². The third-order valence-corrected chi connectivity index (χ3v) is 6.37. The van der Waals surface area contributed by atoms with Crippen LogP contribution in [0.5, 0.6) is 5.75 Å². The largest absolute Gasteiger partial charge is 0.497 e. The summed E-state index contributed by atoms with van der Waals surface area (Å²) in [4.78, 5) is 17.9. The third-order valence-electron chi connectivity index (χ3n) is 5.12. The van der Waals surface area contributed by atoms with Gasteiger partial charge in [-0.15, -0.1) is 11.8 Å². The Kier molecular flexibility index (Phi) is 5.76. The van der Waals surface area contributed by atoms with E-state index in [0.29, 0.717) is 6.42 Å². The number of hydrogen-bond donors (Lipinski definition) is 0. The van der Waals surface area contributed by atoms with Crippen molar-refractivity contribution in [2.45, 2.75) is 46.0 Å². The lowest BCUT2D eigenvalue weighted by atomic mass is 9.68. The second-order valence-corrected chi connectivity index (χ2v) is 9.07. The number of thioether (sulfide) groups is 1. The van der Waals surface area contributed by atoms with Gasteiger partial charge in [-0.05, 0) is 41.7 Å². The lowest BCUT2D eigenvalue weighted by Crippen LogP contribution is -2.35. The van der Waals surface area contributed by atoms with Crippen LogP contribution in [0.15, 0.2) is 40.5 Å². The number of allylic oxidation sites excluding steroid dienone is 2. The summed E-state index contributed by atoms with van der Waals surface area (Å²) in [5, 5.41) is 10.8. The van der Waals surface area contributed by atoms with Gasteiger partial charge in [0.1, 0.15) is 11.7 Å². The van der Waals surface area contributed by atoms with E-state index in [0.717, 1.165) is 46.2 Å². The summed E-state index contributed by atoms with van der Waals surface area (Å²) in [6.07, 6.45) is 2.30. The van der Waals surface area contributed by atoms with Gasteiger partial charge in [0.25, 0.3) is 0 Å². The summed E-state index contributed by atoms with van der Waals surface area (Å²) in [6, 6.07) is 10.2. The van der Waals surface area contributed by atoms with Crippen LogP contribution in [0, 0.1) is 22.7 Å². The molecule has 142 valence electrons. The Morgan fingerprint density at radius 3 is 2.59 bits per heavy atom. The number of carbonyl (C=O) groups excluding carboxylic acids is 1. The second kappa shape index (κ2) is 7.90. The number of hydrogen-bond acceptors (Lipinski definition) is 5. The average Bonchev–Trinajstić information content (AvgIpc) is 2.64. The van der Waals surface area contributed by atoms with E-state index in [-0.39, 0.29) is 17.1 Å². The van der Waals surface area contributed by atoms with Crippen LogP contribution in [0.1, 0.15) is 51.5 Å². The summed E-state index contributed by atoms with van der Waals surface area (Å²) < 4.78 is 5.27. The van der Waals surface area contributed by atoms with E-state index in [1.54, 1.807) is 18.9 Å². The highest BCUT2D eigenvalue weighted by molar-refractivity contribution is 8.14. The van der Waals surface area contributed by atoms with Crippen molar-refractivity contribution in [1.29, 1.82) is 5.26 Å². The first-order valence-corrected chi connectivity index (χ1v) is 10.4. The number of benzene rings is 1. The fraction of sp³-hybridized carbons (Fsp3) is 0.500. The van der Waals surface area contributed by atoms with E-state index in [4.69, 9.17) is 9.73 Å². The van der Waals surface area contributed by atoms with Gasteiger partial charge < -0.3 is 4.74 Å². The highest BCUT2D eigenvalue weighted by Crippen LogP contribution is 2.48. The topological polar surface area (TPSA) is 62.4 Å². The van der Waals surface area contributed by atoms with E-state index in [2.05, 4.69) is 26.8 Å². The van der Waals surface area contributed by atoms with Crippen LogP contribution >= 0.6 is 11.8 Å². The third kappa shape index (κ3) is 3.96. The molecule has 4 nitrogen and oxygen atoms in total. The minimum absolute atomic E-state index is 0.0934. The van der Waals surface area contributed by atoms with Crippen LogP contribution in [0.25, 0.3) is 0 Å². The van der Waals surface area contributed by atoms with Gasteiger partial charge in [0.05, 0.1) is 18.2 Å². The summed E-state index contributed by atoms with van der Waals surface area (Å²) in [6.45, 7) is 6.35. The zero-order valence-electron chi connectivity index (χ0n) is 16.4. The fourth-order valence-electron chi connectivity index (χ4n) is 3.90. The quantitative estimate of drug-likeness (QED) is 0.725. The van der Waals surface area contributed by atoms with Gasteiger partial charge in [-0.1, -0.05) is 32.9 Å². The maximum atomic E-state index is 13.1. The standard InChI is InChI=1S/C22H26N2O2S/c1-5-10-27-21-16(13-23)19(14-6-8-15(26-4)9-7-14)20-17(24-21)11-22(2,3)12-18(20)25/h6-9,16,19H,5,10-12H2,1-4H3/t16?,19-/m0/s1. The van der Waals surface area contributed by atoms with Gasteiger partial charge in [-0.2, -0.15) is 5.26 Å². The molecule has 27 heavy (non-hydrogen) atoms. The minimum atomic E-state index is -0.418. The smallest absolute Gasteiger partial charge is 0.161 e. The first-order chi connectivity index (χ1) is 12.9. The summed E-state index contributed by atoms with van der Waals surface area (Å²) in [7, 11) is 1.63. The molecular formula is C22H26N2O2S. The molecular weight excluding hydrogens is 356 g/mol. The number of aliphatic imine (C=N–C) groups is 1. The molecule has 2 aliphatic rings. The number of rotatable bonds is 4. The molecule has 3 rings (SSSR count). The van der Waals surface area contributed by atoms with Crippen molar-refractivity contribution < 1.29 is 9.53 Å². The van der Waals surface area contributed by atoms with Crippen LogP contribution in [-0.2, 0) is 4.79 Å². The number of methoxy groups -OCH3 is 1. The fourth-order valence-corrected chi connectivity index (χ4v) is 4.85. The van der Waals surface area contributed by atoms with E-state index in [1.807, 2.05) is 24.3 Å². The van der Waals surface area contributed by atoms with E-state index in [1.165, 1.54) is 0 Å². The average molecular weight is 383 g/mol. The molecule has 0 N–H and O–H groups in total. The molecule has 1 unspecified atom stereocenters. The Bertz CT molecular complexity index is 831. The number of ketones is 1. The highest BCUT2D eigenvalue weighted by atomic mass is 32.2. The predicted octanol–water partition coefficient (Wildman–Crippen LogP) is 5.12. The molecule has 0 amide bonds. The molecule has 0 spiro atoms. The van der Waals surface area contributed by atoms with Crippen LogP contribution < -0.4 is 4.74 Å². The lowest BCUT2D eigenvalue weighted by molar-refractivity contribution is -0.118. The molecule has 1 heterocycles. The number of carbonyl (C=O) groups is 1. The van der Waals surface area contributed by atoms with Gasteiger partial charge in [-0.3, -0.25) is 4.79 Å². The maximum Gasteiger partial charge on any atom is 0.161 e. The zero-order chi connectivity index (χ0) is 19.6. The molecule has 0 fully saturated rings. The van der Waals surface area contributed by atoms with Crippen molar-refractivity contribution in [3.63, 3.8) is 0 Å². The van der Waals surface area contributed by atoms with Crippen molar-refractivity contribution in [3.8, 4) is 11.8 Å². The maximum absolute atomic E-state index is 13.1. The number of nitrogens with zero attached hydrogens (tertiary/aromatic N) is 2. The van der Waals surface area contributed by atoms with Crippen molar-refractivity contribution in [2.75, 3.05) is 12.9 Å². The Morgan fingerprint density at radius 1 is 1.30 bits per heavy atom. The van der Waals surface area contributed by atoms with Crippen molar-refractivity contribution >= 4 is 22.6 Å². The zero-order valence-corrected chi connectivity index (χ0v) is 17.2. The summed E-state index contributed by atoms with van der Waals surface area (Å²) >= 11 is 1.65. The first kappa shape index (κ1) is 19.7. The Balaban J connectivity index is 2.12. The first-order valence-electron chi connectivity index (χ1n) is 9.41. The summed E-state index contributed by atoms with van der Waals surface area (Å²) in [5.41, 5.74) is 2.51. The number of Topliss-reactive ketones (excluding diaryl/α,β-unsaturated/α-hetero) is 1. The van der Waals surface area contributed by atoms with Crippen molar-refractivity contribution in [3.05, 3.63) is 41.1 Å². The molecule has 2 atom stereocenters. The van der Waals surface area contributed by atoms with Crippen LogP contribution in [0.3, 0.4) is 0 Å². The second-order valence-electron chi connectivity index (χ2n) is 7.96. The molecule has 1 aliphatic heterocycles. The number of nitriles is 1. The Labute approximate surface area is 165 Å². The monoisotopic (exact) mass is 382 g/mol. The normalized spacial score (nSPS) is 24.1. The van der Waals surface area contributed by atoms with Gasteiger partial charge in [0.15, 0.2) is 5.78 Å². The molecule has 1 aromatic carbocycles. The Hall–Kier alpha value is -2.06. The number of ether oxygens (including phenoxy) is 1. The van der Waals surface area contributed by atoms with E-state index < -0.39 is 5.92 Å². The predicted molar refractivity (Wildman–Crippen MR) is 110 cm³/mol. The summed E-state index contributed by atoms with van der Waals surface area (Å²) in [5.74, 6) is 1.15. The van der Waals surface area contributed by atoms with Crippen LogP contribution in [-0.4, -0.2) is 23.7 Å². The molecule has 0 aromatic heterocycles. The molecule has 0 radical (unpaired) electrons. The van der Waals surface area contributed by atoms with Gasteiger partial charge >= 0.3 is 0 Å². The molecule has 5 heteroatoms. The molecule has 0 saturated heterocycles. The SMILES string of the molecule is CCCSC1=NC2=C(C(=O)CC(C)(C)C2)[C@@H](c2ccc(OC)cc2)C1C#N. The lowest BCUT2D eigenvalue weighted by Gasteiger charge is -2.38. The molecule has 0 saturated carbocycles. The minimum Gasteiger partial charge on any atom is -0.497 e. The van der Waals surface area contributed by atoms with Crippen LogP contribution in [0.4, 0.5) is 0 Å². The molecule has 1 aromatic rings. The molecule has 0 bridgehead atoms. The van der Waals surface area contributed by atoms with E-state index in [9.17, 15) is 10.1 Å². The van der Waals surface area contributed by atoms with Gasteiger partial charge in [-0.25, -0.2) is 4.99 Å². The van der Waals surface area contributed by atoms with Gasteiger partial charge in [0, 0.05) is 23.6 Å². The van der Waals surface area contributed by atoms with E-state index >= 15 is 0 Å².